The summed E-state index contributed by atoms with van der Waals surface area (Å²) >= 11 is 7.23. The molecule has 0 unspecified atom stereocenters. The van der Waals surface area contributed by atoms with Gasteiger partial charge < -0.3 is 10.1 Å². The number of carbonyl (C=O) groups excluding carboxylic acids is 1. The van der Waals surface area contributed by atoms with Gasteiger partial charge >= 0.3 is 0 Å². The Kier molecular flexibility index (Phi) is 6.95. The Balaban J connectivity index is 1.73. The van der Waals surface area contributed by atoms with Crippen LogP contribution in [0.3, 0.4) is 0 Å². The van der Waals surface area contributed by atoms with Crippen LogP contribution < -0.4 is 15.6 Å². The Morgan fingerprint density at radius 2 is 2.17 bits per heavy atom. The zero-order valence-corrected chi connectivity index (χ0v) is 17.4. The van der Waals surface area contributed by atoms with Crippen LogP contribution in [0.15, 0.2) is 65.1 Å². The van der Waals surface area contributed by atoms with Crippen LogP contribution in [0.5, 0.6) is 5.75 Å². The van der Waals surface area contributed by atoms with Crippen molar-refractivity contribution in [3.63, 3.8) is 0 Å². The van der Waals surface area contributed by atoms with Crippen molar-refractivity contribution in [1.82, 2.24) is 14.9 Å². The van der Waals surface area contributed by atoms with Crippen molar-refractivity contribution >= 4 is 40.2 Å². The molecule has 0 bridgehead atoms. The molecule has 0 saturated carbocycles. The standard InChI is InChI=1S/C21H20ClN3O3S/c1-3-9-25-20(27)17-8-7-15(22)11-18(17)24-21(25)29-13-19(26)23-12-14-5-4-6-16(10-14)28-2/h3-8,10-11H,1,9,12-13H2,2H3,(H,23,26). The highest BCUT2D eigenvalue weighted by Crippen LogP contribution is 2.20. The molecule has 3 rings (SSSR count). The first kappa shape index (κ1) is 21.0. The van der Waals surface area contributed by atoms with E-state index in [9.17, 15) is 9.59 Å². The topological polar surface area (TPSA) is 73.2 Å². The van der Waals surface area contributed by atoms with E-state index >= 15 is 0 Å². The van der Waals surface area contributed by atoms with E-state index in [1.807, 2.05) is 24.3 Å². The van der Waals surface area contributed by atoms with E-state index in [1.165, 1.54) is 16.3 Å². The maximum atomic E-state index is 12.8. The molecule has 0 saturated heterocycles. The summed E-state index contributed by atoms with van der Waals surface area (Å²) < 4.78 is 6.69. The lowest BCUT2D eigenvalue weighted by atomic mass is 10.2. The first-order valence-corrected chi connectivity index (χ1v) is 10.2. The summed E-state index contributed by atoms with van der Waals surface area (Å²) in [7, 11) is 1.60. The third-order valence-corrected chi connectivity index (χ3v) is 5.36. The molecule has 0 radical (unpaired) electrons. The van der Waals surface area contributed by atoms with Crippen molar-refractivity contribution in [1.29, 1.82) is 0 Å². The van der Waals surface area contributed by atoms with Crippen molar-refractivity contribution in [2.75, 3.05) is 12.9 Å². The van der Waals surface area contributed by atoms with Gasteiger partial charge in [0.15, 0.2) is 5.16 Å². The highest BCUT2D eigenvalue weighted by molar-refractivity contribution is 7.99. The van der Waals surface area contributed by atoms with Crippen molar-refractivity contribution in [3.8, 4) is 5.75 Å². The number of thioether (sulfide) groups is 1. The molecule has 1 aromatic heterocycles. The van der Waals surface area contributed by atoms with Gasteiger partial charge in [0.05, 0.1) is 23.8 Å². The van der Waals surface area contributed by atoms with Crippen molar-refractivity contribution in [2.45, 2.75) is 18.2 Å². The third-order valence-electron chi connectivity index (χ3n) is 4.15. The predicted octanol–water partition coefficient (Wildman–Crippen LogP) is 3.65. The quantitative estimate of drug-likeness (QED) is 0.336. The highest BCUT2D eigenvalue weighted by atomic mass is 35.5. The zero-order chi connectivity index (χ0) is 20.8. The number of halogens is 1. The lowest BCUT2D eigenvalue weighted by Crippen LogP contribution is -2.26. The number of ether oxygens (including phenoxy) is 1. The molecule has 1 N–H and O–H groups in total. The van der Waals surface area contributed by atoms with Crippen molar-refractivity contribution < 1.29 is 9.53 Å². The van der Waals surface area contributed by atoms with E-state index in [2.05, 4.69) is 16.9 Å². The first-order chi connectivity index (χ1) is 14.0. The fourth-order valence-electron chi connectivity index (χ4n) is 2.74. The van der Waals surface area contributed by atoms with Crippen LogP contribution >= 0.6 is 23.4 Å². The Hall–Kier alpha value is -2.77. The maximum Gasteiger partial charge on any atom is 0.262 e. The van der Waals surface area contributed by atoms with Crippen LogP contribution in [0, 0.1) is 0 Å². The van der Waals surface area contributed by atoms with Gasteiger partial charge in [0, 0.05) is 18.1 Å². The summed E-state index contributed by atoms with van der Waals surface area (Å²) in [4.78, 5) is 29.6. The molecule has 8 heteroatoms. The summed E-state index contributed by atoms with van der Waals surface area (Å²) in [6, 6.07) is 12.4. The maximum absolute atomic E-state index is 12.8. The molecule has 0 aliphatic carbocycles. The number of carbonyl (C=O) groups is 1. The summed E-state index contributed by atoms with van der Waals surface area (Å²) in [5, 5.41) is 4.28. The van der Waals surface area contributed by atoms with Gasteiger partial charge in [0.1, 0.15) is 5.75 Å². The molecule has 2 aromatic carbocycles. The van der Waals surface area contributed by atoms with E-state index in [0.717, 1.165) is 11.3 Å². The number of methoxy groups -OCH3 is 1. The number of aromatic nitrogens is 2. The van der Waals surface area contributed by atoms with Gasteiger partial charge in [0.2, 0.25) is 5.91 Å². The molecule has 0 fully saturated rings. The molecule has 0 aliphatic heterocycles. The number of nitrogens with zero attached hydrogens (tertiary/aromatic N) is 2. The van der Waals surface area contributed by atoms with E-state index in [4.69, 9.17) is 16.3 Å². The third kappa shape index (κ3) is 5.19. The number of amides is 1. The monoisotopic (exact) mass is 429 g/mol. The molecular weight excluding hydrogens is 410 g/mol. The largest absolute Gasteiger partial charge is 0.497 e. The second-order valence-electron chi connectivity index (χ2n) is 6.18. The van der Waals surface area contributed by atoms with Crippen LogP contribution in [-0.2, 0) is 17.9 Å². The normalized spacial score (nSPS) is 10.7. The number of benzene rings is 2. The van der Waals surface area contributed by atoms with Crippen molar-refractivity contribution in [2.24, 2.45) is 0 Å². The van der Waals surface area contributed by atoms with Crippen LogP contribution in [0.2, 0.25) is 5.02 Å². The van der Waals surface area contributed by atoms with Crippen LogP contribution in [0.1, 0.15) is 5.56 Å². The van der Waals surface area contributed by atoms with Gasteiger partial charge in [-0.05, 0) is 35.9 Å². The van der Waals surface area contributed by atoms with Gasteiger partial charge in [-0.3, -0.25) is 14.2 Å². The van der Waals surface area contributed by atoms with Gasteiger partial charge in [-0.1, -0.05) is 41.6 Å². The van der Waals surface area contributed by atoms with E-state index < -0.39 is 0 Å². The number of allylic oxidation sites excluding steroid dienone is 1. The Morgan fingerprint density at radius 1 is 1.34 bits per heavy atom. The summed E-state index contributed by atoms with van der Waals surface area (Å²) in [5.74, 6) is 0.696. The number of rotatable bonds is 8. The van der Waals surface area contributed by atoms with Crippen LogP contribution in [0.4, 0.5) is 0 Å². The molecule has 1 amide bonds. The average molecular weight is 430 g/mol. The summed E-state index contributed by atoms with van der Waals surface area (Å²) in [5.41, 5.74) is 1.25. The number of fused-ring (bicyclic) bond motifs is 1. The van der Waals surface area contributed by atoms with Gasteiger partial charge in [-0.25, -0.2) is 4.98 Å². The molecule has 150 valence electrons. The molecule has 1 heterocycles. The second kappa shape index (κ2) is 9.62. The first-order valence-electron chi connectivity index (χ1n) is 8.85. The molecule has 0 spiro atoms. The van der Waals surface area contributed by atoms with Gasteiger partial charge in [-0.2, -0.15) is 0 Å². The highest BCUT2D eigenvalue weighted by Gasteiger charge is 2.13. The number of nitrogens with one attached hydrogen (secondary N) is 1. The lowest BCUT2D eigenvalue weighted by Gasteiger charge is -2.12. The minimum Gasteiger partial charge on any atom is -0.497 e. The van der Waals surface area contributed by atoms with Gasteiger partial charge in [0.25, 0.3) is 5.56 Å². The molecule has 6 nitrogen and oxygen atoms in total. The van der Waals surface area contributed by atoms with Gasteiger partial charge in [-0.15, -0.1) is 6.58 Å². The molecular formula is C21H20ClN3O3S. The molecule has 3 aromatic rings. The second-order valence-corrected chi connectivity index (χ2v) is 7.56. The van der Waals surface area contributed by atoms with Crippen molar-refractivity contribution in [3.05, 3.63) is 76.1 Å². The van der Waals surface area contributed by atoms with Crippen LogP contribution in [0.25, 0.3) is 10.9 Å². The number of hydrogen-bond acceptors (Lipinski definition) is 5. The Morgan fingerprint density at radius 3 is 2.93 bits per heavy atom. The van der Waals surface area contributed by atoms with E-state index in [-0.39, 0.29) is 17.2 Å². The fourth-order valence-corrected chi connectivity index (χ4v) is 3.74. The SMILES string of the molecule is C=CCn1c(SCC(=O)NCc2cccc(OC)c2)nc2cc(Cl)ccc2c1=O. The lowest BCUT2D eigenvalue weighted by molar-refractivity contribution is -0.118. The average Bonchev–Trinajstić information content (AvgIpc) is 2.73. The van der Waals surface area contributed by atoms with E-state index in [0.29, 0.717) is 34.2 Å². The van der Waals surface area contributed by atoms with Crippen LogP contribution in [-0.4, -0.2) is 28.3 Å². The smallest absolute Gasteiger partial charge is 0.262 e. The van der Waals surface area contributed by atoms with E-state index in [1.54, 1.807) is 31.4 Å². The molecule has 0 aliphatic rings. The Bertz CT molecular complexity index is 1110. The molecule has 29 heavy (non-hydrogen) atoms. The summed E-state index contributed by atoms with van der Waals surface area (Å²) in [6.07, 6.45) is 1.62. The molecule has 0 atom stereocenters. The Labute approximate surface area is 177 Å². The summed E-state index contributed by atoms with van der Waals surface area (Å²) in [6.45, 7) is 4.39. The fraction of sp³-hybridized carbons (Fsp3) is 0.190. The minimum absolute atomic E-state index is 0.125. The zero-order valence-electron chi connectivity index (χ0n) is 15.9. The predicted molar refractivity (Wildman–Crippen MR) is 117 cm³/mol. The number of hydrogen-bond donors (Lipinski definition) is 1. The minimum atomic E-state index is -0.189.